The maximum Gasteiger partial charge on any atom is 0.121 e. The third-order valence-electron chi connectivity index (χ3n) is 1.84. The summed E-state index contributed by atoms with van der Waals surface area (Å²) in [5, 5.41) is 9.53. The molecule has 1 aromatic rings. The summed E-state index contributed by atoms with van der Waals surface area (Å²) < 4.78 is 0. The lowest BCUT2D eigenvalue weighted by Crippen LogP contribution is -1.85. The van der Waals surface area contributed by atoms with Gasteiger partial charge >= 0.3 is 0 Å². The molecule has 0 aliphatic carbocycles. The zero-order valence-electron chi connectivity index (χ0n) is 9.09. The van der Waals surface area contributed by atoms with Gasteiger partial charge in [0.25, 0.3) is 0 Å². The molecule has 0 heterocycles. The maximum atomic E-state index is 9.53. The van der Waals surface area contributed by atoms with Crippen LogP contribution in [0.3, 0.4) is 0 Å². The predicted octanol–water partition coefficient (Wildman–Crippen LogP) is 3.68. The van der Waals surface area contributed by atoms with Gasteiger partial charge in [-0.15, -0.1) is 0 Å². The van der Waals surface area contributed by atoms with Gasteiger partial charge in [0, 0.05) is 0 Å². The van der Waals surface area contributed by atoms with Crippen LogP contribution in [0.2, 0.25) is 0 Å². The third-order valence-corrected chi connectivity index (χ3v) is 1.84. The summed E-state index contributed by atoms with van der Waals surface area (Å²) in [7, 11) is 0. The minimum Gasteiger partial charge on any atom is -0.507 e. The molecule has 74 valence electrons. The topological polar surface area (TPSA) is 20.2 Å². The number of para-hydroxylation sites is 1. The monoisotopic (exact) mass is 180 g/mol. The van der Waals surface area contributed by atoms with Gasteiger partial charge in [-0.2, -0.15) is 0 Å². The molecule has 0 unspecified atom stereocenters. The van der Waals surface area contributed by atoms with Crippen LogP contribution in [0, 0.1) is 6.92 Å². The van der Waals surface area contributed by atoms with E-state index in [9.17, 15) is 5.11 Å². The molecule has 1 nitrogen and oxygen atoms in total. The zero-order valence-corrected chi connectivity index (χ0v) is 9.09. The summed E-state index contributed by atoms with van der Waals surface area (Å²) >= 11 is 0. The van der Waals surface area contributed by atoms with Crippen LogP contribution in [0.15, 0.2) is 18.2 Å². The lowest BCUT2D eigenvalue weighted by Gasteiger charge is -2.04. The highest BCUT2D eigenvalue weighted by atomic mass is 16.3. The average molecular weight is 180 g/mol. The van der Waals surface area contributed by atoms with Crippen LogP contribution < -0.4 is 0 Å². The van der Waals surface area contributed by atoms with Gasteiger partial charge in [0.15, 0.2) is 0 Å². The summed E-state index contributed by atoms with van der Waals surface area (Å²) in [5.74, 6) is 0.467. The Labute approximate surface area is 81.4 Å². The van der Waals surface area contributed by atoms with Gasteiger partial charge in [0.1, 0.15) is 5.75 Å². The Balaban J connectivity index is 0.000000671. The fraction of sp³-hybridized carbons (Fsp3) is 0.500. The Kier molecular flexibility index (Phi) is 6.03. The van der Waals surface area contributed by atoms with Gasteiger partial charge < -0.3 is 5.11 Å². The molecule has 1 N–H and O–H groups in total. The number of hydrogen-bond donors (Lipinski definition) is 1. The van der Waals surface area contributed by atoms with Crippen molar-refractivity contribution in [3.8, 4) is 5.75 Å². The molecule has 0 aliphatic heterocycles. The van der Waals surface area contributed by atoms with E-state index in [-0.39, 0.29) is 0 Å². The van der Waals surface area contributed by atoms with Crippen molar-refractivity contribution >= 4 is 0 Å². The van der Waals surface area contributed by atoms with Crippen molar-refractivity contribution < 1.29 is 5.11 Å². The highest BCUT2D eigenvalue weighted by molar-refractivity contribution is 5.39. The largest absolute Gasteiger partial charge is 0.507 e. The van der Waals surface area contributed by atoms with Crippen LogP contribution in [0.25, 0.3) is 0 Å². The maximum absolute atomic E-state index is 9.53. The number of aromatic hydroxyl groups is 1. The molecule has 13 heavy (non-hydrogen) atoms. The molecular formula is C12H20O. The van der Waals surface area contributed by atoms with Crippen molar-refractivity contribution in [2.24, 2.45) is 0 Å². The SMILES string of the molecule is CC.CCCc1cccc(C)c1O. The molecule has 1 heteroatoms. The van der Waals surface area contributed by atoms with E-state index in [0.29, 0.717) is 5.75 Å². The highest BCUT2D eigenvalue weighted by Gasteiger charge is 2.00. The molecule has 0 amide bonds. The predicted molar refractivity (Wildman–Crippen MR) is 58.2 cm³/mol. The molecular weight excluding hydrogens is 160 g/mol. The fourth-order valence-corrected chi connectivity index (χ4v) is 1.19. The number of hydrogen-bond acceptors (Lipinski definition) is 1. The van der Waals surface area contributed by atoms with Crippen LogP contribution in [0.4, 0.5) is 0 Å². The molecule has 0 radical (unpaired) electrons. The average Bonchev–Trinajstić information content (AvgIpc) is 2.17. The van der Waals surface area contributed by atoms with Gasteiger partial charge in [0.2, 0.25) is 0 Å². The van der Waals surface area contributed by atoms with Crippen LogP contribution in [-0.2, 0) is 6.42 Å². The Morgan fingerprint density at radius 3 is 2.38 bits per heavy atom. The summed E-state index contributed by atoms with van der Waals surface area (Å²) in [4.78, 5) is 0. The number of benzene rings is 1. The number of rotatable bonds is 2. The Hall–Kier alpha value is -0.980. The van der Waals surface area contributed by atoms with Crippen molar-refractivity contribution in [1.82, 2.24) is 0 Å². The molecule has 0 fully saturated rings. The number of aryl methyl sites for hydroxylation is 2. The quantitative estimate of drug-likeness (QED) is 0.736. The molecule has 0 aromatic heterocycles. The molecule has 0 atom stereocenters. The van der Waals surface area contributed by atoms with Crippen LogP contribution >= 0.6 is 0 Å². The van der Waals surface area contributed by atoms with E-state index in [1.54, 1.807) is 0 Å². The second-order valence-electron chi connectivity index (χ2n) is 2.83. The van der Waals surface area contributed by atoms with Crippen molar-refractivity contribution in [2.45, 2.75) is 40.5 Å². The van der Waals surface area contributed by atoms with E-state index >= 15 is 0 Å². The van der Waals surface area contributed by atoms with Crippen molar-refractivity contribution in [3.63, 3.8) is 0 Å². The Bertz CT molecular complexity index is 241. The first-order valence-corrected chi connectivity index (χ1v) is 5.03. The minimum absolute atomic E-state index is 0.467. The van der Waals surface area contributed by atoms with E-state index < -0.39 is 0 Å². The molecule has 0 aliphatic rings. The normalized spacial score (nSPS) is 8.92. The van der Waals surface area contributed by atoms with E-state index in [4.69, 9.17) is 0 Å². The molecule has 0 spiro atoms. The first kappa shape index (κ1) is 12.0. The number of phenols is 1. The summed E-state index contributed by atoms with van der Waals surface area (Å²) in [6, 6.07) is 5.89. The standard InChI is InChI=1S/C10H14O.C2H6/c1-3-5-9-7-4-6-8(2)10(9)11;1-2/h4,6-7,11H,3,5H2,1-2H3;1-2H3. The molecule has 0 saturated heterocycles. The van der Waals surface area contributed by atoms with E-state index in [1.807, 2.05) is 39.0 Å². The fourth-order valence-electron chi connectivity index (χ4n) is 1.19. The summed E-state index contributed by atoms with van der Waals surface area (Å²) in [5.41, 5.74) is 2.03. The third kappa shape index (κ3) is 3.49. The first-order valence-electron chi connectivity index (χ1n) is 5.03. The van der Waals surface area contributed by atoms with Gasteiger partial charge in [0.05, 0.1) is 0 Å². The molecule has 1 rings (SSSR count). The van der Waals surface area contributed by atoms with Crippen molar-refractivity contribution in [3.05, 3.63) is 29.3 Å². The molecule has 0 bridgehead atoms. The van der Waals surface area contributed by atoms with E-state index in [0.717, 1.165) is 24.0 Å². The minimum atomic E-state index is 0.467. The lowest BCUT2D eigenvalue weighted by atomic mass is 10.1. The Morgan fingerprint density at radius 1 is 1.23 bits per heavy atom. The molecule has 1 aromatic carbocycles. The smallest absolute Gasteiger partial charge is 0.121 e. The van der Waals surface area contributed by atoms with Crippen molar-refractivity contribution in [2.75, 3.05) is 0 Å². The molecule has 0 saturated carbocycles. The number of phenolic OH excluding ortho intramolecular Hbond substituents is 1. The second kappa shape index (κ2) is 6.53. The van der Waals surface area contributed by atoms with E-state index in [1.165, 1.54) is 0 Å². The van der Waals surface area contributed by atoms with Crippen molar-refractivity contribution in [1.29, 1.82) is 0 Å². The summed E-state index contributed by atoms with van der Waals surface area (Å²) in [6.45, 7) is 8.04. The van der Waals surface area contributed by atoms with E-state index in [2.05, 4.69) is 6.92 Å². The van der Waals surface area contributed by atoms with Crippen LogP contribution in [-0.4, -0.2) is 5.11 Å². The first-order chi connectivity index (χ1) is 6.25. The summed E-state index contributed by atoms with van der Waals surface area (Å²) in [6.07, 6.45) is 2.05. The zero-order chi connectivity index (χ0) is 10.3. The highest BCUT2D eigenvalue weighted by Crippen LogP contribution is 2.22. The Morgan fingerprint density at radius 2 is 1.85 bits per heavy atom. The second-order valence-corrected chi connectivity index (χ2v) is 2.83. The lowest BCUT2D eigenvalue weighted by molar-refractivity contribution is 0.463. The van der Waals surface area contributed by atoms with Gasteiger partial charge in [-0.3, -0.25) is 0 Å². The van der Waals surface area contributed by atoms with Gasteiger partial charge in [-0.05, 0) is 24.5 Å². The van der Waals surface area contributed by atoms with Crippen LogP contribution in [0.1, 0.15) is 38.3 Å². The van der Waals surface area contributed by atoms with Gasteiger partial charge in [-0.1, -0.05) is 45.4 Å². The van der Waals surface area contributed by atoms with Crippen LogP contribution in [0.5, 0.6) is 5.75 Å². The van der Waals surface area contributed by atoms with Gasteiger partial charge in [-0.25, -0.2) is 0 Å².